The highest BCUT2D eigenvalue weighted by molar-refractivity contribution is 9.08. The van der Waals surface area contributed by atoms with Crippen LogP contribution in [0.3, 0.4) is 0 Å². The first kappa shape index (κ1) is 9.63. The SMILES string of the molecule is N#Cc1c(CBr)ccc2c(F)csc12. The highest BCUT2D eigenvalue weighted by atomic mass is 79.9. The summed E-state index contributed by atoms with van der Waals surface area (Å²) in [4.78, 5) is 0. The standard InChI is InChI=1S/C10H5BrFNS/c11-3-6-1-2-7-9(12)5-14-10(7)8(6)4-13/h1-2,5H,3H2. The molecule has 0 fully saturated rings. The molecule has 1 aromatic carbocycles. The molecule has 0 amide bonds. The Balaban J connectivity index is 2.86. The monoisotopic (exact) mass is 269 g/mol. The highest BCUT2D eigenvalue weighted by Crippen LogP contribution is 2.30. The fourth-order valence-electron chi connectivity index (χ4n) is 1.34. The molecule has 0 saturated heterocycles. The maximum absolute atomic E-state index is 13.2. The van der Waals surface area contributed by atoms with E-state index < -0.39 is 0 Å². The predicted molar refractivity (Wildman–Crippen MR) is 59.1 cm³/mol. The fraction of sp³-hybridized carbons (Fsp3) is 0.100. The van der Waals surface area contributed by atoms with Gasteiger partial charge in [0, 0.05) is 16.1 Å². The molecular formula is C10H5BrFNS. The third kappa shape index (κ3) is 1.33. The maximum atomic E-state index is 13.2. The Bertz CT molecular complexity index is 527. The van der Waals surface area contributed by atoms with Gasteiger partial charge in [-0.15, -0.1) is 11.3 Å². The molecule has 0 bridgehead atoms. The molecule has 70 valence electrons. The average Bonchev–Trinajstić information content (AvgIpc) is 2.59. The number of alkyl halides is 1. The minimum absolute atomic E-state index is 0.248. The summed E-state index contributed by atoms with van der Waals surface area (Å²) in [5.41, 5.74) is 1.48. The van der Waals surface area contributed by atoms with Crippen LogP contribution in [0.4, 0.5) is 4.39 Å². The Hall–Kier alpha value is -0.920. The molecule has 0 aliphatic heterocycles. The Labute approximate surface area is 92.9 Å². The van der Waals surface area contributed by atoms with Crippen LogP contribution in [0.25, 0.3) is 10.1 Å². The van der Waals surface area contributed by atoms with Crippen molar-refractivity contribution in [1.29, 1.82) is 5.26 Å². The van der Waals surface area contributed by atoms with Gasteiger partial charge in [0.05, 0.1) is 10.3 Å². The topological polar surface area (TPSA) is 23.8 Å². The normalized spacial score (nSPS) is 10.4. The summed E-state index contributed by atoms with van der Waals surface area (Å²) >= 11 is 4.58. The Morgan fingerprint density at radius 3 is 2.93 bits per heavy atom. The van der Waals surface area contributed by atoms with Crippen molar-refractivity contribution in [1.82, 2.24) is 0 Å². The number of rotatable bonds is 1. The zero-order chi connectivity index (χ0) is 10.1. The van der Waals surface area contributed by atoms with Gasteiger partial charge >= 0.3 is 0 Å². The molecule has 0 aliphatic carbocycles. The molecule has 14 heavy (non-hydrogen) atoms. The number of benzene rings is 1. The zero-order valence-electron chi connectivity index (χ0n) is 7.05. The Morgan fingerprint density at radius 2 is 2.29 bits per heavy atom. The summed E-state index contributed by atoms with van der Waals surface area (Å²) in [6.07, 6.45) is 0. The first-order valence-electron chi connectivity index (χ1n) is 3.92. The quantitative estimate of drug-likeness (QED) is 0.723. The second-order valence-corrected chi connectivity index (χ2v) is 4.25. The van der Waals surface area contributed by atoms with E-state index in [1.165, 1.54) is 16.7 Å². The summed E-state index contributed by atoms with van der Waals surface area (Å²) in [7, 11) is 0. The second kappa shape index (κ2) is 3.68. The lowest BCUT2D eigenvalue weighted by Gasteiger charge is -1.99. The van der Waals surface area contributed by atoms with E-state index in [-0.39, 0.29) is 5.82 Å². The summed E-state index contributed by atoms with van der Waals surface area (Å²) in [6, 6.07) is 5.62. The van der Waals surface area contributed by atoms with E-state index >= 15 is 0 Å². The van der Waals surface area contributed by atoms with Crippen LogP contribution < -0.4 is 0 Å². The van der Waals surface area contributed by atoms with E-state index in [4.69, 9.17) is 5.26 Å². The van der Waals surface area contributed by atoms with Crippen molar-refractivity contribution in [2.75, 3.05) is 0 Å². The van der Waals surface area contributed by atoms with Gasteiger partial charge in [0.2, 0.25) is 0 Å². The molecule has 0 atom stereocenters. The molecule has 0 spiro atoms. The molecule has 1 aromatic heterocycles. The van der Waals surface area contributed by atoms with Gasteiger partial charge in [-0.1, -0.05) is 28.1 Å². The van der Waals surface area contributed by atoms with Gasteiger partial charge < -0.3 is 0 Å². The van der Waals surface area contributed by atoms with Gasteiger partial charge in [-0.25, -0.2) is 4.39 Å². The molecule has 0 N–H and O–H groups in total. The fourth-order valence-corrected chi connectivity index (χ4v) is 2.74. The van der Waals surface area contributed by atoms with Crippen LogP contribution in [0.1, 0.15) is 11.1 Å². The molecule has 4 heteroatoms. The van der Waals surface area contributed by atoms with Gasteiger partial charge in [0.15, 0.2) is 0 Å². The Morgan fingerprint density at radius 1 is 1.50 bits per heavy atom. The number of fused-ring (bicyclic) bond motifs is 1. The van der Waals surface area contributed by atoms with Crippen LogP contribution in [0.15, 0.2) is 17.5 Å². The number of thiophene rings is 1. The average molecular weight is 270 g/mol. The van der Waals surface area contributed by atoms with Crippen molar-refractivity contribution >= 4 is 37.4 Å². The van der Waals surface area contributed by atoms with Gasteiger partial charge in [0.25, 0.3) is 0 Å². The third-order valence-electron chi connectivity index (χ3n) is 2.04. The number of nitrogens with zero attached hydrogens (tertiary/aromatic N) is 1. The van der Waals surface area contributed by atoms with Crippen LogP contribution in [-0.4, -0.2) is 0 Å². The molecule has 1 heterocycles. The van der Waals surface area contributed by atoms with Gasteiger partial charge in [0.1, 0.15) is 11.9 Å². The number of hydrogen-bond acceptors (Lipinski definition) is 2. The molecule has 2 rings (SSSR count). The molecule has 0 radical (unpaired) electrons. The summed E-state index contributed by atoms with van der Waals surface area (Å²) < 4.78 is 13.9. The maximum Gasteiger partial charge on any atom is 0.141 e. The van der Waals surface area contributed by atoms with Crippen molar-refractivity contribution < 1.29 is 4.39 Å². The minimum atomic E-state index is -0.248. The second-order valence-electron chi connectivity index (χ2n) is 2.81. The van der Waals surface area contributed by atoms with Crippen LogP contribution in [0.2, 0.25) is 0 Å². The van der Waals surface area contributed by atoms with Crippen molar-refractivity contribution in [2.24, 2.45) is 0 Å². The molecule has 0 saturated carbocycles. The van der Waals surface area contributed by atoms with Gasteiger partial charge in [-0.2, -0.15) is 5.26 Å². The molecule has 0 unspecified atom stereocenters. The third-order valence-corrected chi connectivity index (χ3v) is 3.63. The lowest BCUT2D eigenvalue weighted by Crippen LogP contribution is -1.85. The lowest BCUT2D eigenvalue weighted by atomic mass is 10.1. The molecule has 0 aliphatic rings. The van der Waals surface area contributed by atoms with Gasteiger partial charge in [-0.3, -0.25) is 0 Å². The van der Waals surface area contributed by atoms with Crippen LogP contribution in [0.5, 0.6) is 0 Å². The predicted octanol–water partition coefficient (Wildman–Crippen LogP) is 3.81. The van der Waals surface area contributed by atoms with Crippen molar-refractivity contribution in [3.05, 3.63) is 34.5 Å². The Kier molecular flexibility index (Phi) is 2.53. The molecule has 1 nitrogen and oxygen atoms in total. The van der Waals surface area contributed by atoms with Gasteiger partial charge in [-0.05, 0) is 5.56 Å². The smallest absolute Gasteiger partial charge is 0.141 e. The van der Waals surface area contributed by atoms with E-state index in [1.54, 1.807) is 12.1 Å². The van der Waals surface area contributed by atoms with Crippen LogP contribution >= 0.6 is 27.3 Å². The van der Waals surface area contributed by atoms with E-state index in [1.807, 2.05) is 0 Å². The van der Waals surface area contributed by atoms with E-state index in [2.05, 4.69) is 22.0 Å². The summed E-state index contributed by atoms with van der Waals surface area (Å²) in [5.74, 6) is -0.248. The number of halogens is 2. The van der Waals surface area contributed by atoms with Crippen molar-refractivity contribution in [3.8, 4) is 6.07 Å². The summed E-state index contributed by atoms with van der Waals surface area (Å²) in [6.45, 7) is 0. The van der Waals surface area contributed by atoms with Crippen molar-refractivity contribution in [2.45, 2.75) is 5.33 Å². The first-order chi connectivity index (χ1) is 6.77. The number of nitriles is 1. The van der Waals surface area contributed by atoms with Crippen molar-refractivity contribution in [3.63, 3.8) is 0 Å². The lowest BCUT2D eigenvalue weighted by molar-refractivity contribution is 0.644. The summed E-state index contributed by atoms with van der Waals surface area (Å²) in [5, 5.41) is 11.6. The molecular weight excluding hydrogens is 265 g/mol. The molecule has 2 aromatic rings. The van der Waals surface area contributed by atoms with E-state index in [9.17, 15) is 4.39 Å². The zero-order valence-corrected chi connectivity index (χ0v) is 9.45. The first-order valence-corrected chi connectivity index (χ1v) is 5.92. The van der Waals surface area contributed by atoms with Crippen LogP contribution in [0, 0.1) is 17.1 Å². The minimum Gasteiger partial charge on any atom is -0.205 e. The number of hydrogen-bond donors (Lipinski definition) is 0. The van der Waals surface area contributed by atoms with E-state index in [0.717, 1.165) is 10.3 Å². The van der Waals surface area contributed by atoms with Crippen LogP contribution in [-0.2, 0) is 5.33 Å². The highest BCUT2D eigenvalue weighted by Gasteiger charge is 2.10. The van der Waals surface area contributed by atoms with E-state index in [0.29, 0.717) is 16.3 Å². The largest absolute Gasteiger partial charge is 0.205 e.